The quantitative estimate of drug-likeness (QED) is 0.395. The van der Waals surface area contributed by atoms with E-state index in [0.29, 0.717) is 23.9 Å². The monoisotopic (exact) mass is 504 g/mol. The van der Waals surface area contributed by atoms with Crippen molar-refractivity contribution < 1.29 is 13.5 Å². The summed E-state index contributed by atoms with van der Waals surface area (Å²) in [6.07, 6.45) is 3.31. The Kier molecular flexibility index (Phi) is 7.57. The normalized spacial score (nSPS) is 14.0. The molecule has 0 unspecified atom stereocenters. The third kappa shape index (κ3) is 6.41. The first-order valence-corrected chi connectivity index (χ1v) is 12.1. The maximum atomic E-state index is 13.6. The van der Waals surface area contributed by atoms with Gasteiger partial charge in [-0.05, 0) is 29.8 Å². The maximum Gasteiger partial charge on any atom is 0.267 e. The lowest BCUT2D eigenvalue weighted by Gasteiger charge is -2.26. The Morgan fingerprint density at radius 1 is 0.919 bits per heavy atom. The van der Waals surface area contributed by atoms with Crippen molar-refractivity contribution in [2.24, 2.45) is 0 Å². The first-order chi connectivity index (χ1) is 18.0. The number of aromatic nitrogens is 4. The second kappa shape index (κ2) is 11.4. The minimum absolute atomic E-state index is 0.172. The molecule has 8 nitrogen and oxygen atoms in total. The predicted octanol–water partition coefficient (Wildman–Crippen LogP) is 2.98. The van der Waals surface area contributed by atoms with Gasteiger partial charge in [0.15, 0.2) is 11.6 Å². The molecule has 0 spiro atoms. The van der Waals surface area contributed by atoms with Gasteiger partial charge in [0.2, 0.25) is 0 Å². The molecule has 2 aromatic carbocycles. The molecule has 37 heavy (non-hydrogen) atoms. The van der Waals surface area contributed by atoms with E-state index in [9.17, 15) is 13.6 Å². The Morgan fingerprint density at radius 3 is 2.43 bits per heavy atom. The molecule has 190 valence electrons. The van der Waals surface area contributed by atoms with Crippen LogP contribution in [0.2, 0.25) is 0 Å². The van der Waals surface area contributed by atoms with Gasteiger partial charge < -0.3 is 10.1 Å². The largest absolute Gasteiger partial charge is 0.489 e. The summed E-state index contributed by atoms with van der Waals surface area (Å²) in [6, 6.07) is 13.4. The Labute approximate surface area is 212 Å². The number of rotatable bonds is 8. The van der Waals surface area contributed by atoms with Crippen LogP contribution >= 0.6 is 0 Å². The SMILES string of the molecule is O=c1ccc(-c2cc(F)cc(F)c2)nn1Cc1cccc(-c2ncc(OCCN3CCNCC3)cn2)c1. The molecular formula is C27H26F2N6O2. The maximum absolute atomic E-state index is 13.6. The van der Waals surface area contributed by atoms with Crippen molar-refractivity contribution in [3.8, 4) is 28.4 Å². The summed E-state index contributed by atoms with van der Waals surface area (Å²) < 4.78 is 34.4. The van der Waals surface area contributed by atoms with Crippen molar-refractivity contribution in [3.05, 3.63) is 94.5 Å². The van der Waals surface area contributed by atoms with Crippen LogP contribution in [-0.4, -0.2) is 64.0 Å². The van der Waals surface area contributed by atoms with Crippen molar-refractivity contribution in [2.45, 2.75) is 6.54 Å². The minimum Gasteiger partial charge on any atom is -0.489 e. The summed E-state index contributed by atoms with van der Waals surface area (Å²) in [5.74, 6) is -0.284. The zero-order valence-corrected chi connectivity index (χ0v) is 20.1. The Morgan fingerprint density at radius 2 is 1.68 bits per heavy atom. The highest BCUT2D eigenvalue weighted by Crippen LogP contribution is 2.20. The van der Waals surface area contributed by atoms with Crippen molar-refractivity contribution in [3.63, 3.8) is 0 Å². The van der Waals surface area contributed by atoms with E-state index < -0.39 is 11.6 Å². The number of nitrogens with zero attached hydrogens (tertiary/aromatic N) is 5. The number of ether oxygens (including phenoxy) is 1. The average Bonchev–Trinajstić information content (AvgIpc) is 2.91. The van der Waals surface area contributed by atoms with E-state index in [4.69, 9.17) is 4.74 Å². The third-order valence-electron chi connectivity index (χ3n) is 6.06. The highest BCUT2D eigenvalue weighted by atomic mass is 19.1. The summed E-state index contributed by atoms with van der Waals surface area (Å²) in [7, 11) is 0. The van der Waals surface area contributed by atoms with Crippen molar-refractivity contribution >= 4 is 0 Å². The Hall–Kier alpha value is -4.02. The van der Waals surface area contributed by atoms with Crippen molar-refractivity contribution in [1.29, 1.82) is 0 Å². The van der Waals surface area contributed by atoms with E-state index >= 15 is 0 Å². The molecule has 0 atom stereocenters. The molecule has 0 bridgehead atoms. The molecule has 1 fully saturated rings. The van der Waals surface area contributed by atoms with Gasteiger partial charge in [0, 0.05) is 56.0 Å². The average molecular weight is 505 g/mol. The summed E-state index contributed by atoms with van der Waals surface area (Å²) in [6.45, 7) is 5.63. The molecule has 3 heterocycles. The van der Waals surface area contributed by atoms with Crippen LogP contribution in [-0.2, 0) is 6.54 Å². The highest BCUT2D eigenvalue weighted by molar-refractivity contribution is 5.58. The van der Waals surface area contributed by atoms with Crippen LogP contribution in [0, 0.1) is 11.6 Å². The van der Waals surface area contributed by atoms with Crippen LogP contribution in [0.4, 0.5) is 8.78 Å². The molecule has 10 heteroatoms. The molecule has 0 radical (unpaired) electrons. The number of nitrogens with one attached hydrogen (secondary N) is 1. The van der Waals surface area contributed by atoms with Gasteiger partial charge in [-0.15, -0.1) is 0 Å². The minimum atomic E-state index is -0.710. The second-order valence-corrected chi connectivity index (χ2v) is 8.76. The summed E-state index contributed by atoms with van der Waals surface area (Å²) >= 11 is 0. The first kappa shape index (κ1) is 24.7. The van der Waals surface area contributed by atoms with Gasteiger partial charge in [0.05, 0.1) is 24.6 Å². The van der Waals surface area contributed by atoms with Crippen LogP contribution in [0.25, 0.3) is 22.6 Å². The summed E-state index contributed by atoms with van der Waals surface area (Å²) in [5, 5.41) is 7.64. The fourth-order valence-electron chi connectivity index (χ4n) is 4.17. The smallest absolute Gasteiger partial charge is 0.267 e. The molecule has 1 aliphatic rings. The molecular weight excluding hydrogens is 478 g/mol. The fourth-order valence-corrected chi connectivity index (χ4v) is 4.17. The van der Waals surface area contributed by atoms with Gasteiger partial charge in [-0.25, -0.2) is 23.4 Å². The van der Waals surface area contributed by atoms with Gasteiger partial charge in [-0.2, -0.15) is 5.10 Å². The molecule has 0 amide bonds. The lowest BCUT2D eigenvalue weighted by molar-refractivity contribution is 0.191. The molecule has 5 rings (SSSR count). The van der Waals surface area contributed by atoms with Crippen LogP contribution < -0.4 is 15.6 Å². The van der Waals surface area contributed by atoms with Crippen LogP contribution in [0.1, 0.15) is 5.56 Å². The number of halogens is 2. The molecule has 1 aliphatic heterocycles. The molecule has 1 saturated heterocycles. The van der Waals surface area contributed by atoms with Crippen LogP contribution in [0.15, 0.2) is 71.8 Å². The van der Waals surface area contributed by atoms with Crippen molar-refractivity contribution in [1.82, 2.24) is 30.0 Å². The van der Waals surface area contributed by atoms with E-state index in [1.807, 2.05) is 24.3 Å². The third-order valence-corrected chi connectivity index (χ3v) is 6.06. The molecule has 0 aliphatic carbocycles. The molecule has 2 aromatic heterocycles. The van der Waals surface area contributed by atoms with E-state index in [2.05, 4.69) is 25.3 Å². The number of benzene rings is 2. The fraction of sp³-hybridized carbons (Fsp3) is 0.259. The number of hydrogen-bond acceptors (Lipinski definition) is 7. The zero-order chi connectivity index (χ0) is 25.6. The van der Waals surface area contributed by atoms with Gasteiger partial charge in [-0.1, -0.05) is 18.2 Å². The number of piperazine rings is 1. The van der Waals surface area contributed by atoms with E-state index in [0.717, 1.165) is 49.9 Å². The molecule has 1 N–H and O–H groups in total. The van der Waals surface area contributed by atoms with Gasteiger partial charge in [0.1, 0.15) is 18.2 Å². The zero-order valence-electron chi connectivity index (χ0n) is 20.1. The summed E-state index contributed by atoms with van der Waals surface area (Å²) in [5.41, 5.74) is 1.80. The van der Waals surface area contributed by atoms with E-state index in [-0.39, 0.29) is 17.7 Å². The van der Waals surface area contributed by atoms with E-state index in [1.54, 1.807) is 12.4 Å². The van der Waals surface area contributed by atoms with E-state index in [1.165, 1.54) is 28.9 Å². The summed E-state index contributed by atoms with van der Waals surface area (Å²) in [4.78, 5) is 23.6. The lowest BCUT2D eigenvalue weighted by Crippen LogP contribution is -2.44. The molecule has 0 saturated carbocycles. The van der Waals surface area contributed by atoms with Gasteiger partial charge >= 0.3 is 0 Å². The van der Waals surface area contributed by atoms with Gasteiger partial charge in [-0.3, -0.25) is 9.69 Å². The Balaban J connectivity index is 1.27. The number of hydrogen-bond donors (Lipinski definition) is 1. The second-order valence-electron chi connectivity index (χ2n) is 8.76. The van der Waals surface area contributed by atoms with Gasteiger partial charge in [0.25, 0.3) is 5.56 Å². The molecule has 4 aromatic rings. The lowest BCUT2D eigenvalue weighted by atomic mass is 10.1. The van der Waals surface area contributed by atoms with Crippen molar-refractivity contribution in [2.75, 3.05) is 39.3 Å². The first-order valence-electron chi connectivity index (χ1n) is 12.1. The highest BCUT2D eigenvalue weighted by Gasteiger charge is 2.11. The standard InChI is InChI=1S/C27H26F2N6O2/c28-22-13-21(14-23(29)15-22)25-4-5-26(36)35(33-25)18-19-2-1-3-20(12-19)27-31-16-24(17-32-27)37-11-10-34-8-6-30-7-9-34/h1-5,12-17,30H,6-11,18H2. The predicted molar refractivity (Wildman–Crippen MR) is 135 cm³/mol. The van der Waals surface area contributed by atoms with Crippen LogP contribution in [0.3, 0.4) is 0 Å². The topological polar surface area (TPSA) is 85.2 Å². The Bertz CT molecular complexity index is 1400. The van der Waals surface area contributed by atoms with Crippen LogP contribution in [0.5, 0.6) is 5.75 Å².